The molecule has 0 aliphatic rings. The number of nitrogens with zero attached hydrogens (tertiary/aromatic N) is 2. The van der Waals surface area contributed by atoms with Crippen molar-refractivity contribution in [3.8, 4) is 0 Å². The summed E-state index contributed by atoms with van der Waals surface area (Å²) in [6.07, 6.45) is 0. The number of anilines is 1. The van der Waals surface area contributed by atoms with E-state index >= 15 is 0 Å². The summed E-state index contributed by atoms with van der Waals surface area (Å²) in [6.45, 7) is 1.59. The highest BCUT2D eigenvalue weighted by atomic mass is 19.1. The molecule has 0 bridgehead atoms. The Labute approximate surface area is 75.6 Å². The highest BCUT2D eigenvalue weighted by Gasteiger charge is 2.08. The first-order valence-corrected chi connectivity index (χ1v) is 3.70. The number of nitrogens with two attached hydrogens (primary N) is 2. The first-order valence-electron chi connectivity index (χ1n) is 3.70. The second-order valence-corrected chi connectivity index (χ2v) is 2.50. The molecule has 1 aromatic rings. The summed E-state index contributed by atoms with van der Waals surface area (Å²) in [5.74, 6) is 10.5. The Morgan fingerprint density at radius 1 is 1.46 bits per heavy atom. The lowest BCUT2D eigenvalue weighted by Crippen LogP contribution is -2.37. The molecule has 0 heterocycles. The van der Waals surface area contributed by atoms with Gasteiger partial charge < -0.3 is 5.84 Å². The van der Waals surface area contributed by atoms with Gasteiger partial charge in [-0.25, -0.2) is 10.2 Å². The molecule has 4 nitrogen and oxygen atoms in total. The van der Waals surface area contributed by atoms with E-state index in [1.54, 1.807) is 25.1 Å². The largest absolute Gasteiger partial charge is 0.322 e. The number of amidine groups is 1. The fraction of sp³-hybridized carbons (Fsp3) is 0.125. The van der Waals surface area contributed by atoms with Crippen LogP contribution in [0.3, 0.4) is 0 Å². The van der Waals surface area contributed by atoms with Crippen molar-refractivity contribution in [1.29, 1.82) is 0 Å². The Balaban J connectivity index is 3.02. The Kier molecular flexibility index (Phi) is 2.81. The van der Waals surface area contributed by atoms with Gasteiger partial charge in [-0.05, 0) is 19.1 Å². The zero-order valence-corrected chi connectivity index (χ0v) is 7.24. The van der Waals surface area contributed by atoms with Gasteiger partial charge in [-0.3, -0.25) is 5.01 Å². The van der Waals surface area contributed by atoms with Crippen LogP contribution >= 0.6 is 0 Å². The van der Waals surface area contributed by atoms with E-state index in [2.05, 4.69) is 5.10 Å². The van der Waals surface area contributed by atoms with Gasteiger partial charge in [0.15, 0.2) is 0 Å². The highest BCUT2D eigenvalue weighted by molar-refractivity contribution is 5.94. The van der Waals surface area contributed by atoms with Crippen molar-refractivity contribution in [3.63, 3.8) is 0 Å². The summed E-state index contributed by atoms with van der Waals surface area (Å²) >= 11 is 0. The van der Waals surface area contributed by atoms with Crippen LogP contribution in [0.25, 0.3) is 0 Å². The van der Waals surface area contributed by atoms with Crippen molar-refractivity contribution in [2.75, 3.05) is 5.01 Å². The fourth-order valence-corrected chi connectivity index (χ4v) is 0.884. The Hall–Kier alpha value is -1.62. The zero-order valence-electron chi connectivity index (χ0n) is 7.24. The van der Waals surface area contributed by atoms with Crippen molar-refractivity contribution < 1.29 is 4.39 Å². The quantitative estimate of drug-likeness (QED) is 0.292. The summed E-state index contributed by atoms with van der Waals surface area (Å²) in [7, 11) is 0. The number of hydrogen-bond donors (Lipinski definition) is 2. The second-order valence-electron chi connectivity index (χ2n) is 2.50. The molecule has 0 unspecified atom stereocenters. The van der Waals surface area contributed by atoms with Gasteiger partial charge in [-0.2, -0.15) is 5.10 Å². The number of para-hydroxylation sites is 1. The molecule has 0 atom stereocenters. The average molecular weight is 182 g/mol. The van der Waals surface area contributed by atoms with E-state index in [9.17, 15) is 4.39 Å². The molecule has 0 spiro atoms. The number of hydrazone groups is 1. The third-order valence-corrected chi connectivity index (χ3v) is 1.65. The van der Waals surface area contributed by atoms with Crippen molar-refractivity contribution in [2.24, 2.45) is 16.8 Å². The van der Waals surface area contributed by atoms with E-state index in [4.69, 9.17) is 11.7 Å². The molecule has 5 heteroatoms. The minimum absolute atomic E-state index is 0.245. The van der Waals surface area contributed by atoms with E-state index in [0.29, 0.717) is 5.84 Å². The van der Waals surface area contributed by atoms with Gasteiger partial charge in [0.2, 0.25) is 0 Å². The molecular weight excluding hydrogens is 171 g/mol. The van der Waals surface area contributed by atoms with Crippen LogP contribution in [-0.2, 0) is 0 Å². The SMILES string of the molecule is C/C(=N/N)N(N)c1ccccc1F. The van der Waals surface area contributed by atoms with Gasteiger partial charge in [0.25, 0.3) is 0 Å². The molecule has 1 rings (SSSR count). The van der Waals surface area contributed by atoms with Gasteiger partial charge >= 0.3 is 0 Å². The van der Waals surface area contributed by atoms with Crippen LogP contribution in [0.4, 0.5) is 10.1 Å². The maximum Gasteiger partial charge on any atom is 0.148 e. The fourth-order valence-electron chi connectivity index (χ4n) is 0.884. The predicted molar refractivity (Wildman–Crippen MR) is 50.4 cm³/mol. The first-order chi connectivity index (χ1) is 6.16. The van der Waals surface area contributed by atoms with Gasteiger partial charge in [0.1, 0.15) is 11.7 Å². The topological polar surface area (TPSA) is 67.6 Å². The van der Waals surface area contributed by atoms with Crippen molar-refractivity contribution in [2.45, 2.75) is 6.92 Å². The molecule has 1 aromatic carbocycles. The zero-order chi connectivity index (χ0) is 9.84. The van der Waals surface area contributed by atoms with E-state index in [0.717, 1.165) is 5.01 Å². The molecule has 0 saturated carbocycles. The third-order valence-electron chi connectivity index (χ3n) is 1.65. The number of benzene rings is 1. The minimum atomic E-state index is -0.409. The van der Waals surface area contributed by atoms with Crippen molar-refractivity contribution >= 4 is 11.5 Å². The minimum Gasteiger partial charge on any atom is -0.322 e. The normalized spacial score (nSPS) is 11.5. The van der Waals surface area contributed by atoms with Crippen LogP contribution in [0.15, 0.2) is 29.4 Å². The van der Waals surface area contributed by atoms with E-state index < -0.39 is 5.82 Å². The molecule has 13 heavy (non-hydrogen) atoms. The molecule has 0 aliphatic heterocycles. The maximum atomic E-state index is 13.1. The van der Waals surface area contributed by atoms with Crippen molar-refractivity contribution in [1.82, 2.24) is 0 Å². The lowest BCUT2D eigenvalue weighted by molar-refractivity contribution is 0.626. The summed E-state index contributed by atoms with van der Waals surface area (Å²) in [5, 5.41) is 4.45. The van der Waals surface area contributed by atoms with E-state index in [1.165, 1.54) is 6.07 Å². The van der Waals surface area contributed by atoms with Gasteiger partial charge in [-0.1, -0.05) is 12.1 Å². The lowest BCUT2D eigenvalue weighted by atomic mass is 10.3. The maximum absolute atomic E-state index is 13.1. The van der Waals surface area contributed by atoms with Crippen molar-refractivity contribution in [3.05, 3.63) is 30.1 Å². The summed E-state index contributed by atoms with van der Waals surface area (Å²) in [4.78, 5) is 0. The predicted octanol–water partition coefficient (Wildman–Crippen LogP) is 0.798. The number of hydrazine groups is 1. The Bertz CT molecular complexity index is 324. The van der Waals surface area contributed by atoms with Gasteiger partial charge in [0.05, 0.1) is 5.69 Å². The molecular formula is C8H11FN4. The van der Waals surface area contributed by atoms with E-state index in [-0.39, 0.29) is 5.69 Å². The van der Waals surface area contributed by atoms with Crippen LogP contribution in [0, 0.1) is 5.82 Å². The lowest BCUT2D eigenvalue weighted by Gasteiger charge is -2.17. The first kappa shape index (κ1) is 9.47. The standard InChI is InChI=1S/C8H11FN4/c1-6(12-10)13(11)8-5-3-2-4-7(8)9/h2-5H,10-11H2,1H3/b12-6-. The Morgan fingerprint density at radius 2 is 2.08 bits per heavy atom. The average Bonchev–Trinajstić information content (AvgIpc) is 2.16. The summed E-state index contributed by atoms with van der Waals surface area (Å²) in [5.41, 5.74) is 0.245. The number of hydrogen-bond acceptors (Lipinski definition) is 3. The molecule has 70 valence electrons. The van der Waals surface area contributed by atoms with Crippen LogP contribution in [-0.4, -0.2) is 5.84 Å². The molecule has 0 fully saturated rings. The molecule has 0 aromatic heterocycles. The monoisotopic (exact) mass is 182 g/mol. The molecule has 0 saturated heterocycles. The summed E-state index contributed by atoms with van der Waals surface area (Å²) < 4.78 is 13.1. The molecule has 0 amide bonds. The van der Waals surface area contributed by atoms with Crippen LogP contribution in [0.2, 0.25) is 0 Å². The highest BCUT2D eigenvalue weighted by Crippen LogP contribution is 2.15. The van der Waals surface area contributed by atoms with Crippen LogP contribution in [0.1, 0.15) is 6.92 Å². The Morgan fingerprint density at radius 3 is 2.62 bits per heavy atom. The molecule has 0 radical (unpaired) electrons. The van der Waals surface area contributed by atoms with Gasteiger partial charge in [-0.15, -0.1) is 0 Å². The summed E-state index contributed by atoms with van der Waals surface area (Å²) in [6, 6.07) is 6.13. The smallest absolute Gasteiger partial charge is 0.148 e. The van der Waals surface area contributed by atoms with Gasteiger partial charge in [0, 0.05) is 0 Å². The van der Waals surface area contributed by atoms with Crippen LogP contribution < -0.4 is 16.7 Å². The number of rotatable bonds is 1. The molecule has 0 aliphatic carbocycles. The van der Waals surface area contributed by atoms with Crippen LogP contribution in [0.5, 0.6) is 0 Å². The van der Waals surface area contributed by atoms with E-state index in [1.807, 2.05) is 0 Å². The molecule has 4 N–H and O–H groups in total. The number of halogens is 1. The second kappa shape index (κ2) is 3.86. The third kappa shape index (κ3) is 1.94.